The molecular weight excluding hydrogens is 258 g/mol. The van der Waals surface area contributed by atoms with Crippen LogP contribution in [0.3, 0.4) is 0 Å². The minimum atomic E-state index is -0.00699. The van der Waals surface area contributed by atoms with E-state index in [0.717, 1.165) is 25.9 Å². The summed E-state index contributed by atoms with van der Waals surface area (Å²) < 4.78 is 0. The minimum Gasteiger partial charge on any atom is -0.396 e. The molecule has 2 aromatic rings. The normalized spacial score (nSPS) is 11.8. The first-order chi connectivity index (χ1) is 10.2. The quantitative estimate of drug-likeness (QED) is 0.811. The molecule has 0 bridgehead atoms. The van der Waals surface area contributed by atoms with E-state index in [9.17, 15) is 5.11 Å². The molecule has 114 valence electrons. The molecule has 0 amide bonds. The van der Waals surface area contributed by atoms with E-state index in [0.29, 0.717) is 0 Å². The fraction of sp³-hybridized carbons (Fsp3) is 0.474. The Morgan fingerprint density at radius 2 is 1.62 bits per heavy atom. The summed E-state index contributed by atoms with van der Waals surface area (Å²) in [4.78, 5) is 2.41. The predicted molar refractivity (Wildman–Crippen MR) is 91.9 cm³/mol. The van der Waals surface area contributed by atoms with Crippen LogP contribution in [0.4, 0.5) is 5.69 Å². The van der Waals surface area contributed by atoms with Crippen LogP contribution in [0, 0.1) is 5.41 Å². The summed E-state index contributed by atoms with van der Waals surface area (Å²) in [6.07, 6.45) is 2.00. The van der Waals surface area contributed by atoms with Gasteiger partial charge in [0.05, 0.1) is 6.61 Å². The van der Waals surface area contributed by atoms with Crippen LogP contribution in [0.15, 0.2) is 42.5 Å². The fourth-order valence-corrected chi connectivity index (χ4v) is 3.00. The van der Waals surface area contributed by atoms with Crippen molar-refractivity contribution in [2.75, 3.05) is 24.6 Å². The molecule has 2 heteroatoms. The maximum Gasteiger partial charge on any atom is 0.0504 e. The first kappa shape index (κ1) is 15.8. The van der Waals surface area contributed by atoms with Crippen LogP contribution in [0.5, 0.6) is 0 Å². The highest BCUT2D eigenvalue weighted by Crippen LogP contribution is 2.32. The highest BCUT2D eigenvalue weighted by Gasteiger charge is 2.28. The summed E-state index contributed by atoms with van der Waals surface area (Å²) in [7, 11) is 0. The fourth-order valence-electron chi connectivity index (χ4n) is 3.00. The third-order valence-corrected chi connectivity index (χ3v) is 4.85. The summed E-state index contributed by atoms with van der Waals surface area (Å²) >= 11 is 0. The van der Waals surface area contributed by atoms with E-state index in [2.05, 4.69) is 68.1 Å². The molecule has 0 aliphatic heterocycles. The van der Waals surface area contributed by atoms with Crippen LogP contribution in [0.25, 0.3) is 10.8 Å². The summed E-state index contributed by atoms with van der Waals surface area (Å²) in [5.74, 6) is 0. The van der Waals surface area contributed by atoms with Gasteiger partial charge in [0.1, 0.15) is 0 Å². The Kier molecular flexibility index (Phi) is 5.24. The Morgan fingerprint density at radius 3 is 2.24 bits per heavy atom. The number of nitrogens with zero attached hydrogens (tertiary/aromatic N) is 1. The SMILES string of the molecule is CCN(CC(CC)(CC)CO)c1cccc2ccccc12. The van der Waals surface area contributed by atoms with Gasteiger partial charge >= 0.3 is 0 Å². The van der Waals surface area contributed by atoms with Crippen LogP contribution in [-0.4, -0.2) is 24.8 Å². The maximum atomic E-state index is 9.85. The lowest BCUT2D eigenvalue weighted by atomic mass is 9.82. The van der Waals surface area contributed by atoms with Crippen molar-refractivity contribution in [3.05, 3.63) is 42.5 Å². The molecular formula is C19H27NO. The second-order valence-corrected chi connectivity index (χ2v) is 5.88. The molecule has 2 nitrogen and oxygen atoms in total. The zero-order valence-electron chi connectivity index (χ0n) is 13.5. The topological polar surface area (TPSA) is 23.5 Å². The van der Waals surface area contributed by atoms with Crippen molar-refractivity contribution in [3.8, 4) is 0 Å². The first-order valence-corrected chi connectivity index (χ1v) is 8.03. The van der Waals surface area contributed by atoms with Crippen LogP contribution in [-0.2, 0) is 0 Å². The average molecular weight is 285 g/mol. The molecule has 0 atom stereocenters. The van der Waals surface area contributed by atoms with Gasteiger partial charge in [-0.25, -0.2) is 0 Å². The van der Waals surface area contributed by atoms with E-state index in [1.165, 1.54) is 16.5 Å². The number of anilines is 1. The lowest BCUT2D eigenvalue weighted by molar-refractivity contribution is 0.121. The molecule has 0 aliphatic carbocycles. The molecule has 0 saturated heterocycles. The molecule has 0 aromatic heterocycles. The summed E-state index contributed by atoms with van der Waals surface area (Å²) in [6, 6.07) is 15.0. The third-order valence-electron chi connectivity index (χ3n) is 4.85. The monoisotopic (exact) mass is 285 g/mol. The standard InChI is InChI=1S/C19H27NO/c1-4-19(5-2,15-21)14-20(6-3)18-13-9-11-16-10-7-8-12-17(16)18/h7-13,21H,4-6,14-15H2,1-3H3. The zero-order chi connectivity index (χ0) is 15.3. The Bertz CT molecular complexity index is 561. The smallest absolute Gasteiger partial charge is 0.0504 e. The van der Waals surface area contributed by atoms with Gasteiger partial charge < -0.3 is 10.0 Å². The number of fused-ring (bicyclic) bond motifs is 1. The average Bonchev–Trinajstić information content (AvgIpc) is 2.56. The van der Waals surface area contributed by atoms with Gasteiger partial charge in [0.15, 0.2) is 0 Å². The minimum absolute atomic E-state index is 0.00699. The van der Waals surface area contributed by atoms with E-state index >= 15 is 0 Å². The molecule has 2 aromatic carbocycles. The Labute approximate surface area is 128 Å². The van der Waals surface area contributed by atoms with Gasteiger partial charge in [0.2, 0.25) is 0 Å². The van der Waals surface area contributed by atoms with Crippen LogP contribution < -0.4 is 4.90 Å². The number of aliphatic hydroxyl groups excluding tert-OH is 1. The number of aliphatic hydroxyl groups is 1. The van der Waals surface area contributed by atoms with Gasteiger partial charge in [-0.1, -0.05) is 50.2 Å². The summed E-state index contributed by atoms with van der Waals surface area (Å²) in [6.45, 7) is 8.65. The van der Waals surface area contributed by atoms with E-state index in [1.807, 2.05) is 0 Å². The lowest BCUT2D eigenvalue weighted by Gasteiger charge is -2.37. The highest BCUT2D eigenvalue weighted by molar-refractivity contribution is 5.94. The first-order valence-electron chi connectivity index (χ1n) is 8.03. The van der Waals surface area contributed by atoms with E-state index < -0.39 is 0 Å². The van der Waals surface area contributed by atoms with Crippen LogP contribution >= 0.6 is 0 Å². The van der Waals surface area contributed by atoms with Crippen LogP contribution in [0.2, 0.25) is 0 Å². The molecule has 0 spiro atoms. The predicted octanol–water partition coefficient (Wildman–Crippen LogP) is 4.46. The van der Waals surface area contributed by atoms with E-state index in [1.54, 1.807) is 0 Å². The highest BCUT2D eigenvalue weighted by atomic mass is 16.3. The summed E-state index contributed by atoms with van der Waals surface area (Å²) in [5, 5.41) is 12.4. The Balaban J connectivity index is 2.40. The largest absolute Gasteiger partial charge is 0.396 e. The Morgan fingerprint density at radius 1 is 0.952 bits per heavy atom. The number of benzene rings is 2. The maximum absolute atomic E-state index is 9.85. The van der Waals surface area contributed by atoms with Crippen molar-refractivity contribution in [2.24, 2.45) is 5.41 Å². The van der Waals surface area contributed by atoms with Gasteiger partial charge in [-0.2, -0.15) is 0 Å². The van der Waals surface area contributed by atoms with Crippen molar-refractivity contribution in [1.82, 2.24) is 0 Å². The van der Waals surface area contributed by atoms with Crippen molar-refractivity contribution >= 4 is 16.5 Å². The van der Waals surface area contributed by atoms with Gasteiger partial charge in [0.25, 0.3) is 0 Å². The Hall–Kier alpha value is -1.54. The molecule has 2 rings (SSSR count). The third kappa shape index (κ3) is 3.21. The van der Waals surface area contributed by atoms with Crippen LogP contribution in [0.1, 0.15) is 33.6 Å². The number of rotatable bonds is 7. The molecule has 0 aliphatic rings. The summed E-state index contributed by atoms with van der Waals surface area (Å²) in [5.41, 5.74) is 1.27. The van der Waals surface area contributed by atoms with Crippen molar-refractivity contribution in [2.45, 2.75) is 33.6 Å². The second-order valence-electron chi connectivity index (χ2n) is 5.88. The molecule has 0 radical (unpaired) electrons. The van der Waals surface area contributed by atoms with Gasteiger partial charge in [-0.15, -0.1) is 0 Å². The number of hydrogen-bond acceptors (Lipinski definition) is 2. The van der Waals surface area contributed by atoms with Crippen molar-refractivity contribution < 1.29 is 5.11 Å². The molecule has 0 saturated carbocycles. The van der Waals surface area contributed by atoms with Gasteiger partial charge in [0, 0.05) is 29.6 Å². The molecule has 0 unspecified atom stereocenters. The van der Waals surface area contributed by atoms with Gasteiger partial charge in [-0.05, 0) is 31.2 Å². The molecule has 0 heterocycles. The van der Waals surface area contributed by atoms with E-state index in [-0.39, 0.29) is 12.0 Å². The lowest BCUT2D eigenvalue weighted by Crippen LogP contribution is -2.39. The van der Waals surface area contributed by atoms with Gasteiger partial charge in [-0.3, -0.25) is 0 Å². The zero-order valence-corrected chi connectivity index (χ0v) is 13.5. The molecule has 21 heavy (non-hydrogen) atoms. The molecule has 1 N–H and O–H groups in total. The van der Waals surface area contributed by atoms with Crippen molar-refractivity contribution in [1.29, 1.82) is 0 Å². The molecule has 0 fully saturated rings. The van der Waals surface area contributed by atoms with Crippen molar-refractivity contribution in [3.63, 3.8) is 0 Å². The number of hydrogen-bond donors (Lipinski definition) is 1. The van der Waals surface area contributed by atoms with E-state index in [4.69, 9.17) is 0 Å². The second kappa shape index (κ2) is 6.95.